The monoisotopic (exact) mass is 436 g/mol. The third-order valence-electron chi connectivity index (χ3n) is 6.23. The Bertz CT molecular complexity index is 1100. The summed E-state index contributed by atoms with van der Waals surface area (Å²) in [6, 6.07) is 6.17. The summed E-state index contributed by atoms with van der Waals surface area (Å²) in [4.78, 5) is 30.1. The number of methoxy groups -OCH3 is 1. The van der Waals surface area contributed by atoms with Crippen molar-refractivity contribution >= 4 is 17.2 Å². The van der Waals surface area contributed by atoms with Gasteiger partial charge >= 0.3 is 0 Å². The Balaban J connectivity index is 1.37. The second-order valence-electron chi connectivity index (χ2n) is 7.94. The molecule has 5 rings (SSSR count). The first-order chi connectivity index (χ1) is 15.1. The van der Waals surface area contributed by atoms with Crippen molar-refractivity contribution in [2.75, 3.05) is 26.8 Å². The highest BCUT2D eigenvalue weighted by Gasteiger charge is 2.43. The van der Waals surface area contributed by atoms with Crippen LogP contribution in [0.2, 0.25) is 0 Å². The van der Waals surface area contributed by atoms with Crippen molar-refractivity contribution in [2.45, 2.75) is 31.8 Å². The van der Waals surface area contributed by atoms with Gasteiger partial charge in [-0.3, -0.25) is 9.78 Å². The molecule has 8 heteroatoms. The quantitative estimate of drug-likeness (QED) is 0.624. The number of aryl methyl sites for hydroxylation is 1. The third-order valence-corrected chi connectivity index (χ3v) is 7.45. The number of carbonyl (C=O) groups is 1. The van der Waals surface area contributed by atoms with E-state index in [2.05, 4.69) is 21.0 Å². The fourth-order valence-corrected chi connectivity index (χ4v) is 5.65. The van der Waals surface area contributed by atoms with E-state index in [0.717, 1.165) is 35.6 Å². The van der Waals surface area contributed by atoms with Crippen molar-refractivity contribution in [3.63, 3.8) is 0 Å². The van der Waals surface area contributed by atoms with Gasteiger partial charge in [-0.25, -0.2) is 9.97 Å². The SMILES string of the molecule is COc1ccc(-c2cc3c(s2)CCOC32CCN(C(=O)c3cncnc3C)CC2)nc1. The Morgan fingerprint density at radius 3 is 2.77 bits per heavy atom. The lowest BCUT2D eigenvalue weighted by atomic mass is 9.82. The standard InChI is InChI=1S/C23H24N4O3S/c1-15-17(13-24-14-26-15)22(28)27-8-6-23(7-9-27)18-11-21(31-20(18)5-10-30-23)19-4-3-16(29-2)12-25-19/h3-4,11-14H,5-10H2,1-2H3. The lowest BCUT2D eigenvalue weighted by Crippen LogP contribution is -2.48. The van der Waals surface area contributed by atoms with Crippen LogP contribution in [-0.4, -0.2) is 52.6 Å². The number of carbonyl (C=O) groups excluding carboxylic acids is 1. The molecule has 3 aromatic heterocycles. The third kappa shape index (κ3) is 3.59. The topological polar surface area (TPSA) is 77.4 Å². The Morgan fingerprint density at radius 2 is 2.06 bits per heavy atom. The summed E-state index contributed by atoms with van der Waals surface area (Å²) in [6.45, 7) is 3.86. The zero-order valence-electron chi connectivity index (χ0n) is 17.6. The molecule has 0 bridgehead atoms. The average Bonchev–Trinajstić information content (AvgIpc) is 3.26. The number of rotatable bonds is 3. The number of thiophene rings is 1. The van der Waals surface area contributed by atoms with Crippen LogP contribution in [0.15, 0.2) is 36.9 Å². The van der Waals surface area contributed by atoms with Gasteiger partial charge < -0.3 is 14.4 Å². The van der Waals surface area contributed by atoms with Gasteiger partial charge in [0.25, 0.3) is 5.91 Å². The molecule has 0 N–H and O–H groups in total. The van der Waals surface area contributed by atoms with E-state index >= 15 is 0 Å². The normalized spacial score (nSPS) is 17.4. The van der Waals surface area contributed by atoms with E-state index in [-0.39, 0.29) is 11.5 Å². The van der Waals surface area contributed by atoms with Gasteiger partial charge in [0.1, 0.15) is 12.1 Å². The number of amides is 1. The molecule has 3 aromatic rings. The van der Waals surface area contributed by atoms with Crippen LogP contribution in [0.4, 0.5) is 0 Å². The zero-order chi connectivity index (χ0) is 21.4. The number of hydrogen-bond donors (Lipinski definition) is 0. The first kappa shape index (κ1) is 20.1. The maximum Gasteiger partial charge on any atom is 0.257 e. The van der Waals surface area contributed by atoms with Gasteiger partial charge in [0.2, 0.25) is 0 Å². The molecule has 1 spiro atoms. The van der Waals surface area contributed by atoms with Crippen LogP contribution in [0.3, 0.4) is 0 Å². The highest BCUT2D eigenvalue weighted by Crippen LogP contribution is 2.46. The molecule has 5 heterocycles. The minimum Gasteiger partial charge on any atom is -0.495 e. The lowest BCUT2D eigenvalue weighted by Gasteiger charge is -2.44. The molecule has 2 aliphatic rings. The Morgan fingerprint density at radius 1 is 1.23 bits per heavy atom. The molecule has 0 atom stereocenters. The van der Waals surface area contributed by atoms with E-state index in [4.69, 9.17) is 9.47 Å². The van der Waals surface area contributed by atoms with Gasteiger partial charge in [-0.2, -0.15) is 0 Å². The van der Waals surface area contributed by atoms with E-state index < -0.39 is 0 Å². The van der Waals surface area contributed by atoms with E-state index in [1.165, 1.54) is 16.8 Å². The molecule has 2 aliphatic heterocycles. The number of pyridine rings is 1. The zero-order valence-corrected chi connectivity index (χ0v) is 18.4. The molecule has 1 fully saturated rings. The molecule has 1 saturated heterocycles. The fraction of sp³-hybridized carbons (Fsp3) is 0.391. The van der Waals surface area contributed by atoms with Crippen LogP contribution in [0, 0.1) is 6.92 Å². The molecule has 0 aromatic carbocycles. The van der Waals surface area contributed by atoms with E-state index in [1.54, 1.807) is 30.8 Å². The van der Waals surface area contributed by atoms with Crippen molar-refractivity contribution in [2.24, 2.45) is 0 Å². The summed E-state index contributed by atoms with van der Waals surface area (Å²) in [6.07, 6.45) is 7.31. The van der Waals surface area contributed by atoms with E-state index in [0.29, 0.717) is 31.0 Å². The smallest absolute Gasteiger partial charge is 0.257 e. The molecule has 7 nitrogen and oxygen atoms in total. The van der Waals surface area contributed by atoms with Gasteiger partial charge in [0, 0.05) is 30.6 Å². The summed E-state index contributed by atoms with van der Waals surface area (Å²) in [5.41, 5.74) is 3.18. The second-order valence-corrected chi connectivity index (χ2v) is 9.07. The number of fused-ring (bicyclic) bond motifs is 2. The number of nitrogens with zero attached hydrogens (tertiary/aromatic N) is 4. The first-order valence-corrected chi connectivity index (χ1v) is 11.2. The van der Waals surface area contributed by atoms with Crippen molar-refractivity contribution < 1.29 is 14.3 Å². The van der Waals surface area contributed by atoms with E-state index in [1.807, 2.05) is 24.0 Å². The van der Waals surface area contributed by atoms with Crippen molar-refractivity contribution in [3.05, 3.63) is 58.6 Å². The van der Waals surface area contributed by atoms with Gasteiger partial charge in [0.15, 0.2) is 0 Å². The first-order valence-electron chi connectivity index (χ1n) is 10.4. The van der Waals surface area contributed by atoms with Crippen molar-refractivity contribution in [1.29, 1.82) is 0 Å². The fourth-order valence-electron chi connectivity index (χ4n) is 4.45. The molecule has 0 saturated carbocycles. The average molecular weight is 437 g/mol. The Kier molecular flexibility index (Phi) is 5.19. The lowest BCUT2D eigenvalue weighted by molar-refractivity contribution is -0.0926. The highest BCUT2D eigenvalue weighted by atomic mass is 32.1. The summed E-state index contributed by atoms with van der Waals surface area (Å²) in [5.74, 6) is 0.749. The van der Waals surface area contributed by atoms with Crippen LogP contribution in [-0.2, 0) is 16.8 Å². The maximum atomic E-state index is 13.0. The van der Waals surface area contributed by atoms with Gasteiger partial charge in [-0.05, 0) is 43.5 Å². The number of likely N-dealkylation sites (tertiary alicyclic amines) is 1. The molecular formula is C23H24N4O3S. The second kappa shape index (κ2) is 8.01. The van der Waals surface area contributed by atoms with Crippen molar-refractivity contribution in [1.82, 2.24) is 19.9 Å². The molecule has 160 valence electrons. The minimum absolute atomic E-state index is 0.00239. The van der Waals surface area contributed by atoms with Crippen LogP contribution in [0.1, 0.15) is 39.3 Å². The highest BCUT2D eigenvalue weighted by molar-refractivity contribution is 7.15. The number of ether oxygens (including phenoxy) is 2. The molecule has 1 amide bonds. The van der Waals surface area contributed by atoms with Crippen LogP contribution < -0.4 is 4.74 Å². The predicted molar refractivity (Wildman–Crippen MR) is 117 cm³/mol. The van der Waals surface area contributed by atoms with Crippen LogP contribution in [0.5, 0.6) is 5.75 Å². The molecule has 31 heavy (non-hydrogen) atoms. The van der Waals surface area contributed by atoms with Gasteiger partial charge in [-0.1, -0.05) is 0 Å². The Labute approximate surface area is 185 Å². The van der Waals surface area contributed by atoms with Gasteiger partial charge in [-0.15, -0.1) is 11.3 Å². The summed E-state index contributed by atoms with van der Waals surface area (Å²) < 4.78 is 11.6. The molecule has 0 aliphatic carbocycles. The molecule has 0 unspecified atom stereocenters. The minimum atomic E-state index is -0.326. The summed E-state index contributed by atoms with van der Waals surface area (Å²) >= 11 is 1.80. The van der Waals surface area contributed by atoms with Gasteiger partial charge in [0.05, 0.1) is 47.3 Å². The van der Waals surface area contributed by atoms with E-state index in [9.17, 15) is 4.79 Å². The predicted octanol–water partition coefficient (Wildman–Crippen LogP) is 3.62. The van der Waals surface area contributed by atoms with Crippen molar-refractivity contribution in [3.8, 4) is 16.3 Å². The van der Waals surface area contributed by atoms with Crippen LogP contribution >= 0.6 is 11.3 Å². The molecular weight excluding hydrogens is 412 g/mol. The van der Waals surface area contributed by atoms with Crippen LogP contribution in [0.25, 0.3) is 10.6 Å². The Hall–Kier alpha value is -2.84. The largest absolute Gasteiger partial charge is 0.495 e. The summed E-state index contributed by atoms with van der Waals surface area (Å²) in [5, 5.41) is 0. The number of aromatic nitrogens is 3. The number of hydrogen-bond acceptors (Lipinski definition) is 7. The molecule has 0 radical (unpaired) electrons. The summed E-state index contributed by atoms with van der Waals surface area (Å²) in [7, 11) is 1.64. The maximum absolute atomic E-state index is 13.0. The number of piperidine rings is 1.